The Kier molecular flexibility index (Phi) is 9.84. The molecule has 174 valence electrons. The van der Waals surface area contributed by atoms with Crippen molar-refractivity contribution in [3.8, 4) is 0 Å². The van der Waals surface area contributed by atoms with E-state index >= 15 is 0 Å². The van der Waals surface area contributed by atoms with Crippen LogP contribution in [0.25, 0.3) is 10.8 Å². The number of amides is 3. The van der Waals surface area contributed by atoms with Crippen LogP contribution in [0.5, 0.6) is 0 Å². The summed E-state index contributed by atoms with van der Waals surface area (Å²) in [5.74, 6) is -1.17. The lowest BCUT2D eigenvalue weighted by Crippen LogP contribution is -2.42. The first kappa shape index (κ1) is 25.0. The van der Waals surface area contributed by atoms with Crippen molar-refractivity contribution >= 4 is 28.7 Å². The van der Waals surface area contributed by atoms with Gasteiger partial charge >= 0.3 is 12.0 Å². The van der Waals surface area contributed by atoms with E-state index in [0.29, 0.717) is 29.8 Å². The third kappa shape index (κ3) is 7.47. The predicted octanol–water partition coefficient (Wildman–Crippen LogP) is 3.01. The average molecular weight is 445 g/mol. The maximum atomic E-state index is 12.7. The van der Waals surface area contributed by atoms with E-state index in [9.17, 15) is 19.2 Å². The number of fused-ring (bicyclic) bond motifs is 1. The number of urea groups is 1. The number of imide groups is 1. The second kappa shape index (κ2) is 12.6. The minimum Gasteiger partial charge on any atom is -0.451 e. The Morgan fingerprint density at radius 1 is 1.09 bits per heavy atom. The molecule has 1 aromatic heterocycles. The van der Waals surface area contributed by atoms with Gasteiger partial charge in [0.05, 0.1) is 5.39 Å². The Bertz CT molecular complexity index is 1000. The fraction of sp³-hybridized carbons (Fsp3) is 0.522. The van der Waals surface area contributed by atoms with Gasteiger partial charge in [-0.05, 0) is 24.8 Å². The highest BCUT2D eigenvalue weighted by atomic mass is 16.5. The Hall–Kier alpha value is -3.23. The molecule has 1 aromatic carbocycles. The van der Waals surface area contributed by atoms with Crippen molar-refractivity contribution in [2.24, 2.45) is 5.92 Å². The third-order valence-corrected chi connectivity index (χ3v) is 4.88. The molecule has 1 heterocycles. The number of carbonyl (C=O) groups excluding carboxylic acids is 3. The van der Waals surface area contributed by atoms with Gasteiger partial charge in [0, 0.05) is 18.5 Å². The summed E-state index contributed by atoms with van der Waals surface area (Å²) in [6.07, 6.45) is 4.62. The summed E-state index contributed by atoms with van der Waals surface area (Å²) in [7, 11) is 0. The highest BCUT2D eigenvalue weighted by Gasteiger charge is 2.19. The van der Waals surface area contributed by atoms with Crippen molar-refractivity contribution in [2.45, 2.75) is 59.4 Å². The normalized spacial score (nSPS) is 10.9. The zero-order chi connectivity index (χ0) is 23.5. The summed E-state index contributed by atoms with van der Waals surface area (Å²) in [6, 6.07) is 6.01. The quantitative estimate of drug-likeness (QED) is 0.406. The van der Waals surface area contributed by atoms with Gasteiger partial charge in [-0.25, -0.2) is 14.3 Å². The van der Waals surface area contributed by atoms with Crippen molar-refractivity contribution in [3.05, 3.63) is 40.3 Å². The van der Waals surface area contributed by atoms with E-state index < -0.39 is 24.5 Å². The van der Waals surface area contributed by atoms with Crippen LogP contribution in [0.4, 0.5) is 4.79 Å². The standard InChI is InChI=1S/C23H32N4O5/c1-4-5-6-9-14-27-21(29)18-11-8-7-10-17(18)20(26-27)22(30)32-15-19(28)25-23(31)24-13-12-16(2)3/h7-8,10-11,16H,4-6,9,12-15H2,1-3H3,(H2,24,25,28,31). The third-order valence-electron chi connectivity index (χ3n) is 4.88. The van der Waals surface area contributed by atoms with Gasteiger partial charge in [-0.2, -0.15) is 5.10 Å². The van der Waals surface area contributed by atoms with Crippen LogP contribution in [-0.4, -0.2) is 40.8 Å². The number of unbranched alkanes of at least 4 members (excludes halogenated alkanes) is 3. The Morgan fingerprint density at radius 3 is 2.50 bits per heavy atom. The van der Waals surface area contributed by atoms with Gasteiger partial charge in [0.1, 0.15) is 0 Å². The lowest BCUT2D eigenvalue weighted by Gasteiger charge is -2.11. The number of benzene rings is 1. The van der Waals surface area contributed by atoms with Crippen LogP contribution >= 0.6 is 0 Å². The fourth-order valence-corrected chi connectivity index (χ4v) is 3.11. The first-order valence-electron chi connectivity index (χ1n) is 11.1. The molecule has 2 rings (SSSR count). The summed E-state index contributed by atoms with van der Waals surface area (Å²) in [4.78, 5) is 49.0. The van der Waals surface area contributed by atoms with Crippen LogP contribution < -0.4 is 16.2 Å². The maximum absolute atomic E-state index is 12.7. The molecule has 0 bridgehead atoms. The zero-order valence-corrected chi connectivity index (χ0v) is 19.0. The van der Waals surface area contributed by atoms with Crippen LogP contribution in [0.15, 0.2) is 29.1 Å². The molecule has 0 aliphatic heterocycles. The topological polar surface area (TPSA) is 119 Å². The number of ether oxygens (including phenoxy) is 1. The molecule has 0 radical (unpaired) electrons. The van der Waals surface area contributed by atoms with Crippen LogP contribution in [0.1, 0.15) is 63.4 Å². The second-order valence-electron chi connectivity index (χ2n) is 8.05. The molecule has 0 fully saturated rings. The molecule has 32 heavy (non-hydrogen) atoms. The highest BCUT2D eigenvalue weighted by molar-refractivity contribution is 6.03. The summed E-state index contributed by atoms with van der Waals surface area (Å²) < 4.78 is 6.35. The molecule has 0 aliphatic carbocycles. The highest BCUT2D eigenvalue weighted by Crippen LogP contribution is 2.14. The van der Waals surface area contributed by atoms with E-state index in [1.165, 1.54) is 4.68 Å². The monoisotopic (exact) mass is 444 g/mol. The largest absolute Gasteiger partial charge is 0.451 e. The molecule has 0 saturated carbocycles. The Morgan fingerprint density at radius 2 is 1.81 bits per heavy atom. The number of hydrogen-bond donors (Lipinski definition) is 2. The van der Waals surface area contributed by atoms with Crippen molar-refractivity contribution in [2.75, 3.05) is 13.2 Å². The van der Waals surface area contributed by atoms with E-state index in [4.69, 9.17) is 4.74 Å². The summed E-state index contributed by atoms with van der Waals surface area (Å²) >= 11 is 0. The maximum Gasteiger partial charge on any atom is 0.359 e. The smallest absolute Gasteiger partial charge is 0.359 e. The molecule has 0 spiro atoms. The van der Waals surface area contributed by atoms with Crippen LogP contribution in [0, 0.1) is 5.92 Å². The van der Waals surface area contributed by atoms with Crippen LogP contribution in [-0.2, 0) is 16.1 Å². The number of rotatable bonds is 11. The number of aromatic nitrogens is 2. The second-order valence-corrected chi connectivity index (χ2v) is 8.05. The number of nitrogens with zero attached hydrogens (tertiary/aromatic N) is 2. The number of nitrogens with one attached hydrogen (secondary N) is 2. The van der Waals surface area contributed by atoms with Crippen molar-refractivity contribution in [1.82, 2.24) is 20.4 Å². The molecule has 9 nitrogen and oxygen atoms in total. The molecule has 0 aliphatic rings. The van der Waals surface area contributed by atoms with E-state index in [-0.39, 0.29) is 11.3 Å². The number of aryl methyl sites for hydroxylation is 1. The molecule has 0 unspecified atom stereocenters. The van der Waals surface area contributed by atoms with Gasteiger partial charge in [0.25, 0.3) is 11.5 Å². The SMILES string of the molecule is CCCCCCn1nc(C(=O)OCC(=O)NC(=O)NCCC(C)C)c2ccccc2c1=O. The van der Waals surface area contributed by atoms with E-state index in [1.807, 2.05) is 13.8 Å². The molecule has 0 atom stereocenters. The lowest BCUT2D eigenvalue weighted by atomic mass is 10.1. The molecule has 9 heteroatoms. The van der Waals surface area contributed by atoms with Gasteiger partial charge in [0.15, 0.2) is 12.3 Å². The Labute approximate surface area is 187 Å². The minimum absolute atomic E-state index is 0.0372. The predicted molar refractivity (Wildman–Crippen MR) is 121 cm³/mol. The van der Waals surface area contributed by atoms with Gasteiger partial charge in [-0.3, -0.25) is 14.9 Å². The van der Waals surface area contributed by atoms with Gasteiger partial charge in [-0.15, -0.1) is 0 Å². The van der Waals surface area contributed by atoms with Gasteiger partial charge in [0.2, 0.25) is 0 Å². The fourth-order valence-electron chi connectivity index (χ4n) is 3.11. The first-order valence-corrected chi connectivity index (χ1v) is 11.1. The molecule has 0 saturated heterocycles. The van der Waals surface area contributed by atoms with Crippen molar-refractivity contribution in [1.29, 1.82) is 0 Å². The average Bonchev–Trinajstić information content (AvgIpc) is 2.76. The minimum atomic E-state index is -0.834. The number of hydrogen-bond acceptors (Lipinski definition) is 6. The summed E-state index contributed by atoms with van der Waals surface area (Å²) in [5, 5.41) is 9.62. The first-order chi connectivity index (χ1) is 15.3. The zero-order valence-electron chi connectivity index (χ0n) is 19.0. The lowest BCUT2D eigenvalue weighted by molar-refractivity contribution is -0.123. The van der Waals surface area contributed by atoms with Gasteiger partial charge in [-0.1, -0.05) is 58.2 Å². The summed E-state index contributed by atoms with van der Waals surface area (Å²) in [5.41, 5.74) is -0.311. The Balaban J connectivity index is 2.05. The van der Waals surface area contributed by atoms with E-state index in [0.717, 1.165) is 32.1 Å². The van der Waals surface area contributed by atoms with Crippen LogP contribution in [0.3, 0.4) is 0 Å². The molecule has 2 N–H and O–H groups in total. The number of esters is 1. The van der Waals surface area contributed by atoms with Crippen molar-refractivity contribution in [3.63, 3.8) is 0 Å². The summed E-state index contributed by atoms with van der Waals surface area (Å²) in [6.45, 7) is 6.34. The molecular formula is C23H32N4O5. The molecular weight excluding hydrogens is 412 g/mol. The van der Waals surface area contributed by atoms with Crippen LogP contribution in [0.2, 0.25) is 0 Å². The molecule has 2 aromatic rings. The van der Waals surface area contributed by atoms with Gasteiger partial charge < -0.3 is 10.1 Å². The molecule has 3 amide bonds. The van der Waals surface area contributed by atoms with Crippen molar-refractivity contribution < 1.29 is 19.1 Å². The van der Waals surface area contributed by atoms with E-state index in [2.05, 4.69) is 22.7 Å². The number of carbonyl (C=O) groups is 3. The van der Waals surface area contributed by atoms with E-state index in [1.54, 1.807) is 24.3 Å².